The molecule has 0 fully saturated rings. The SMILES string of the molecule is Br.[F][Mg][c]1cc(F)c(F)c(F)c1F. The minimum atomic E-state index is -2.52. The summed E-state index contributed by atoms with van der Waals surface area (Å²) in [6, 6.07) is 0.347. The van der Waals surface area contributed by atoms with Crippen molar-refractivity contribution in [3.8, 4) is 0 Å². The quantitative estimate of drug-likeness (QED) is 0.318. The second kappa shape index (κ2) is 5.11. The van der Waals surface area contributed by atoms with Crippen LogP contribution in [0, 0.1) is 23.3 Å². The third-order valence-corrected chi connectivity index (χ3v) is 2.12. The zero-order chi connectivity index (χ0) is 9.30. The highest BCUT2D eigenvalue weighted by Gasteiger charge is 2.19. The zero-order valence-electron chi connectivity index (χ0n) is 6.08. The lowest BCUT2D eigenvalue weighted by atomic mass is 10.3. The Morgan fingerprint density at radius 1 is 0.923 bits per heavy atom. The molecule has 0 saturated carbocycles. The number of hydrogen-bond acceptors (Lipinski definition) is 0. The molecule has 0 bridgehead atoms. The molecule has 0 spiro atoms. The van der Waals surface area contributed by atoms with Gasteiger partial charge in [-0.15, -0.1) is 17.0 Å². The van der Waals surface area contributed by atoms with Crippen LogP contribution in [0.5, 0.6) is 0 Å². The second-order valence-corrected chi connectivity index (χ2v) is 3.12. The lowest BCUT2D eigenvalue weighted by Crippen LogP contribution is -2.19. The molecule has 1 rings (SSSR count). The van der Waals surface area contributed by atoms with E-state index in [1.54, 1.807) is 0 Å². The van der Waals surface area contributed by atoms with E-state index in [1.807, 2.05) is 0 Å². The van der Waals surface area contributed by atoms with Crippen molar-refractivity contribution >= 4 is 41.6 Å². The number of benzene rings is 1. The Kier molecular flexibility index (Phi) is 5.16. The standard InChI is InChI=1S/C6HF4.BrH.FH.Mg/c7-3-1-2-4(8)6(10)5(3)9;;;/h1H;2*1H;/q;;;+1/p-1. The fourth-order valence-corrected chi connectivity index (χ4v) is 1.25. The minimum absolute atomic E-state index is 0. The van der Waals surface area contributed by atoms with Gasteiger partial charge in [-0.05, 0) is 6.07 Å². The molecule has 1 aromatic rings. The van der Waals surface area contributed by atoms with Crippen molar-refractivity contribution in [2.75, 3.05) is 0 Å². The summed E-state index contributed by atoms with van der Waals surface area (Å²) in [5, 5.41) is 0. The molecule has 7 heteroatoms. The molecule has 0 aromatic heterocycles. The minimum Gasteiger partial charge on any atom is -0.475 e. The Balaban J connectivity index is 0.00000144. The van der Waals surface area contributed by atoms with Gasteiger partial charge in [-0.25, -0.2) is 17.6 Å². The Bertz CT molecular complexity index is 316. The lowest BCUT2D eigenvalue weighted by molar-refractivity contribution is 0.412. The predicted molar refractivity (Wildman–Crippen MR) is 43.1 cm³/mol. The van der Waals surface area contributed by atoms with Gasteiger partial charge in [-0.1, -0.05) is 3.69 Å². The van der Waals surface area contributed by atoms with Gasteiger partial charge in [0.2, 0.25) is 0 Å². The van der Waals surface area contributed by atoms with Crippen LogP contribution in [0.15, 0.2) is 6.07 Å². The van der Waals surface area contributed by atoms with Gasteiger partial charge in [0.05, 0.1) is 0 Å². The molecule has 0 N–H and O–H groups in total. The van der Waals surface area contributed by atoms with Gasteiger partial charge in [-0.3, -0.25) is 0 Å². The van der Waals surface area contributed by atoms with Crippen molar-refractivity contribution in [1.82, 2.24) is 0 Å². The topological polar surface area (TPSA) is 0 Å². The highest BCUT2D eigenvalue weighted by Crippen LogP contribution is 2.11. The van der Waals surface area contributed by atoms with Crippen LogP contribution in [-0.4, -0.2) is 20.9 Å². The van der Waals surface area contributed by atoms with E-state index in [1.165, 1.54) is 0 Å². The van der Waals surface area contributed by atoms with Crippen molar-refractivity contribution in [3.05, 3.63) is 29.3 Å². The fraction of sp³-hybridized carbons (Fsp3) is 0. The molecule has 0 amide bonds. The van der Waals surface area contributed by atoms with E-state index in [-0.39, 0.29) is 17.0 Å². The molecular weight excluding hydrogens is 271 g/mol. The van der Waals surface area contributed by atoms with Gasteiger partial charge < -0.3 is 2.96 Å². The number of hydrogen-bond donors (Lipinski definition) is 0. The zero-order valence-corrected chi connectivity index (χ0v) is 9.21. The number of rotatable bonds is 1. The molecule has 1 aromatic carbocycles. The number of halogens is 6. The maximum Gasteiger partial charge on any atom is 0.655 e. The first-order valence-electron chi connectivity index (χ1n) is 2.95. The highest BCUT2D eigenvalue weighted by molar-refractivity contribution is 8.93. The molecule has 13 heavy (non-hydrogen) atoms. The normalized spacial score (nSPS) is 9.00. The lowest BCUT2D eigenvalue weighted by Gasteiger charge is -2.00. The van der Waals surface area contributed by atoms with E-state index in [2.05, 4.69) is 0 Å². The summed E-state index contributed by atoms with van der Waals surface area (Å²) in [5.41, 5.74) is 0. The smallest absolute Gasteiger partial charge is 0.475 e. The predicted octanol–water partition coefficient (Wildman–Crippen LogP) is 2.03. The summed E-state index contributed by atoms with van der Waals surface area (Å²) in [6.45, 7) is 0. The van der Waals surface area contributed by atoms with Crippen molar-refractivity contribution < 1.29 is 20.5 Å². The van der Waals surface area contributed by atoms with E-state index >= 15 is 0 Å². The molecule has 0 aliphatic carbocycles. The molecule has 0 saturated heterocycles. The molecule has 0 atom stereocenters. The van der Waals surface area contributed by atoms with Crippen LogP contribution in [0.3, 0.4) is 0 Å². The van der Waals surface area contributed by atoms with E-state index in [4.69, 9.17) is 0 Å². The van der Waals surface area contributed by atoms with Crippen molar-refractivity contribution in [1.29, 1.82) is 0 Å². The Morgan fingerprint density at radius 3 is 1.92 bits per heavy atom. The van der Waals surface area contributed by atoms with E-state index in [0.29, 0.717) is 6.07 Å². The van der Waals surface area contributed by atoms with Crippen molar-refractivity contribution in [2.24, 2.45) is 0 Å². The molecule has 0 aliphatic heterocycles. The van der Waals surface area contributed by atoms with Crippen LogP contribution in [-0.2, 0) is 0 Å². The van der Waals surface area contributed by atoms with Crippen LogP contribution in [0.4, 0.5) is 20.5 Å². The molecule has 70 valence electrons. The molecule has 0 nitrogen and oxygen atoms in total. The summed E-state index contributed by atoms with van der Waals surface area (Å²) in [7, 11) is 0. The van der Waals surface area contributed by atoms with E-state index < -0.39 is 47.9 Å². The summed E-state index contributed by atoms with van der Waals surface area (Å²) >= 11 is -2.52. The highest BCUT2D eigenvalue weighted by atomic mass is 79.9. The molecule has 0 unspecified atom stereocenters. The molecule has 0 aliphatic rings. The summed E-state index contributed by atoms with van der Waals surface area (Å²) in [6.07, 6.45) is 0. The van der Waals surface area contributed by atoms with Gasteiger partial charge in [0, 0.05) is 0 Å². The largest absolute Gasteiger partial charge is 0.655 e. The average Bonchev–Trinajstić information content (AvgIpc) is 2.08. The van der Waals surface area contributed by atoms with Gasteiger partial charge in [0.1, 0.15) is 5.82 Å². The third-order valence-electron chi connectivity index (χ3n) is 1.32. The van der Waals surface area contributed by atoms with Gasteiger partial charge in [0.15, 0.2) is 17.5 Å². The van der Waals surface area contributed by atoms with Crippen LogP contribution < -0.4 is 3.69 Å². The Hall–Kier alpha value is 0.116. The second-order valence-electron chi connectivity index (χ2n) is 2.09. The third kappa shape index (κ3) is 2.54. The molecular formula is C6H2BrF5Mg. The summed E-state index contributed by atoms with van der Waals surface area (Å²) in [5.74, 6) is -7.04. The summed E-state index contributed by atoms with van der Waals surface area (Å²) < 4.78 is 60.5. The summed E-state index contributed by atoms with van der Waals surface area (Å²) in [4.78, 5) is 0. The van der Waals surface area contributed by atoms with Crippen LogP contribution in [0.1, 0.15) is 0 Å². The van der Waals surface area contributed by atoms with E-state index in [0.717, 1.165) is 0 Å². The average molecular weight is 273 g/mol. The monoisotopic (exact) mass is 272 g/mol. The first kappa shape index (κ1) is 13.1. The maximum atomic E-state index is 12.5. The molecule has 0 heterocycles. The van der Waals surface area contributed by atoms with Gasteiger partial charge in [-0.2, -0.15) is 0 Å². The van der Waals surface area contributed by atoms with Crippen LogP contribution in [0.2, 0.25) is 0 Å². The first-order chi connectivity index (χ1) is 5.57. The van der Waals surface area contributed by atoms with Crippen molar-refractivity contribution in [2.45, 2.75) is 0 Å². The molecule has 0 radical (unpaired) electrons. The maximum absolute atomic E-state index is 12.5. The van der Waals surface area contributed by atoms with Crippen molar-refractivity contribution in [3.63, 3.8) is 0 Å². The Morgan fingerprint density at radius 2 is 1.46 bits per heavy atom. The Labute approximate surface area is 91.4 Å². The van der Waals surface area contributed by atoms with Crippen LogP contribution >= 0.6 is 17.0 Å². The van der Waals surface area contributed by atoms with Crippen LogP contribution in [0.25, 0.3) is 0 Å². The van der Waals surface area contributed by atoms with E-state index in [9.17, 15) is 20.5 Å². The van der Waals surface area contributed by atoms with Gasteiger partial charge >= 0.3 is 20.9 Å². The van der Waals surface area contributed by atoms with Gasteiger partial charge in [0.25, 0.3) is 0 Å². The fourth-order valence-electron chi connectivity index (χ4n) is 0.719. The first-order valence-corrected chi connectivity index (χ1v) is 4.20.